The normalized spacial score (nSPS) is 18.6. The third-order valence-corrected chi connectivity index (χ3v) is 4.39. The van der Waals surface area contributed by atoms with Gasteiger partial charge in [0.05, 0.1) is 10.5 Å². The van der Waals surface area contributed by atoms with Crippen molar-refractivity contribution in [2.45, 2.75) is 19.8 Å². The van der Waals surface area contributed by atoms with Gasteiger partial charge >= 0.3 is 0 Å². The molecule has 0 N–H and O–H groups in total. The maximum atomic E-state index is 12.4. The number of halogens is 1. The summed E-state index contributed by atoms with van der Waals surface area (Å²) in [5.74, 6) is 0.410. The average molecular weight is 327 g/mol. The van der Waals surface area contributed by atoms with Gasteiger partial charge in [-0.25, -0.2) is 0 Å². The van der Waals surface area contributed by atoms with Crippen LogP contribution in [0.5, 0.6) is 0 Å². The number of hydrogen-bond acceptors (Lipinski definition) is 3. The van der Waals surface area contributed by atoms with Crippen LogP contribution in [0.2, 0.25) is 0 Å². The van der Waals surface area contributed by atoms with E-state index in [1.807, 2.05) is 0 Å². The molecule has 1 saturated heterocycles. The fourth-order valence-electron chi connectivity index (χ4n) is 2.35. The first-order chi connectivity index (χ1) is 9.04. The van der Waals surface area contributed by atoms with E-state index < -0.39 is 4.92 Å². The summed E-state index contributed by atoms with van der Waals surface area (Å²) in [5, 5.41) is 10.9. The van der Waals surface area contributed by atoms with Crippen LogP contribution in [0.4, 0.5) is 5.69 Å². The first-order valence-electron chi connectivity index (χ1n) is 6.26. The summed E-state index contributed by atoms with van der Waals surface area (Å²) in [6.45, 7) is 3.58. The van der Waals surface area contributed by atoms with Gasteiger partial charge in [-0.05, 0) is 34.3 Å². The molecule has 1 unspecified atom stereocenters. The van der Waals surface area contributed by atoms with Crippen LogP contribution in [0, 0.1) is 16.0 Å². The first-order valence-corrected chi connectivity index (χ1v) is 7.06. The minimum Gasteiger partial charge on any atom is -0.338 e. The Hall–Kier alpha value is -1.43. The first kappa shape index (κ1) is 14.0. The van der Waals surface area contributed by atoms with Crippen molar-refractivity contribution >= 4 is 27.5 Å². The monoisotopic (exact) mass is 326 g/mol. The number of carbonyl (C=O) groups excluding carboxylic acids is 1. The van der Waals surface area contributed by atoms with Gasteiger partial charge in [0.1, 0.15) is 4.47 Å². The van der Waals surface area contributed by atoms with Crippen molar-refractivity contribution in [3.63, 3.8) is 0 Å². The van der Waals surface area contributed by atoms with Gasteiger partial charge in [-0.2, -0.15) is 0 Å². The Morgan fingerprint density at radius 2 is 2.32 bits per heavy atom. The smallest absolute Gasteiger partial charge is 0.284 e. The van der Waals surface area contributed by atoms with Crippen LogP contribution >= 0.6 is 15.9 Å². The second kappa shape index (κ2) is 5.69. The van der Waals surface area contributed by atoms with Gasteiger partial charge in [0.15, 0.2) is 0 Å². The molecule has 1 aliphatic rings. The molecule has 0 bridgehead atoms. The summed E-state index contributed by atoms with van der Waals surface area (Å²) in [4.78, 5) is 24.5. The Morgan fingerprint density at radius 1 is 1.58 bits per heavy atom. The van der Waals surface area contributed by atoms with Crippen LogP contribution in [0.15, 0.2) is 22.7 Å². The third-order valence-electron chi connectivity index (χ3n) is 3.56. The summed E-state index contributed by atoms with van der Waals surface area (Å²) in [5.41, 5.74) is 0.294. The second-order valence-corrected chi connectivity index (χ2v) is 5.50. The van der Waals surface area contributed by atoms with Crippen LogP contribution in [0.3, 0.4) is 0 Å². The molecule has 0 radical (unpaired) electrons. The van der Waals surface area contributed by atoms with E-state index in [1.54, 1.807) is 17.0 Å². The quantitative estimate of drug-likeness (QED) is 0.632. The molecule has 1 atom stereocenters. The lowest BCUT2D eigenvalue weighted by Crippen LogP contribution is -2.29. The van der Waals surface area contributed by atoms with Crippen molar-refractivity contribution in [1.29, 1.82) is 0 Å². The molecule has 1 fully saturated rings. The molecule has 1 aliphatic heterocycles. The van der Waals surface area contributed by atoms with E-state index in [2.05, 4.69) is 22.9 Å². The highest BCUT2D eigenvalue weighted by molar-refractivity contribution is 9.10. The van der Waals surface area contributed by atoms with Crippen LogP contribution in [0.25, 0.3) is 0 Å². The molecular formula is C13H15BrN2O3. The van der Waals surface area contributed by atoms with Gasteiger partial charge in [-0.15, -0.1) is 0 Å². The molecule has 5 nitrogen and oxygen atoms in total. The third kappa shape index (κ3) is 2.78. The summed E-state index contributed by atoms with van der Waals surface area (Å²) in [6.07, 6.45) is 2.06. The lowest BCUT2D eigenvalue weighted by atomic mass is 10.1. The number of likely N-dealkylation sites (tertiary alicyclic amines) is 1. The van der Waals surface area contributed by atoms with Crippen molar-refractivity contribution < 1.29 is 9.72 Å². The predicted octanol–water partition coefficient (Wildman–Crippen LogP) is 3.23. The number of nitro groups is 1. The molecule has 102 valence electrons. The van der Waals surface area contributed by atoms with Gasteiger partial charge in [-0.3, -0.25) is 14.9 Å². The van der Waals surface area contributed by atoms with Gasteiger partial charge in [0, 0.05) is 19.2 Å². The standard InChI is InChI=1S/C13H15BrN2O3/c1-2-9-6-7-15(8-9)13(17)10-4-3-5-11(12(10)14)16(18)19/h3-5,9H,2,6-8H2,1H3. The molecule has 1 heterocycles. The summed E-state index contributed by atoms with van der Waals surface area (Å²) >= 11 is 3.17. The zero-order valence-corrected chi connectivity index (χ0v) is 12.2. The van der Waals surface area contributed by atoms with Crippen molar-refractivity contribution in [2.24, 2.45) is 5.92 Å². The fraction of sp³-hybridized carbons (Fsp3) is 0.462. The molecule has 1 aromatic carbocycles. The Balaban J connectivity index is 2.25. The van der Waals surface area contributed by atoms with Gasteiger partial charge in [0.25, 0.3) is 11.6 Å². The van der Waals surface area contributed by atoms with Crippen molar-refractivity contribution in [1.82, 2.24) is 4.90 Å². The maximum Gasteiger partial charge on any atom is 0.284 e. The zero-order valence-electron chi connectivity index (χ0n) is 10.6. The number of nitro benzene ring substituents is 1. The molecule has 0 aliphatic carbocycles. The molecule has 0 aromatic heterocycles. The Kier molecular flexibility index (Phi) is 4.19. The van der Waals surface area contributed by atoms with E-state index in [9.17, 15) is 14.9 Å². The highest BCUT2D eigenvalue weighted by Crippen LogP contribution is 2.30. The van der Waals surface area contributed by atoms with Crippen LogP contribution in [0.1, 0.15) is 30.1 Å². The second-order valence-electron chi connectivity index (χ2n) is 4.71. The minimum atomic E-state index is -0.486. The van der Waals surface area contributed by atoms with Gasteiger partial charge in [-0.1, -0.05) is 19.4 Å². The molecular weight excluding hydrogens is 312 g/mol. The van der Waals surface area contributed by atoms with Crippen molar-refractivity contribution in [2.75, 3.05) is 13.1 Å². The maximum absolute atomic E-state index is 12.4. The molecule has 0 saturated carbocycles. The van der Waals surface area contributed by atoms with E-state index in [0.29, 0.717) is 11.5 Å². The summed E-state index contributed by atoms with van der Waals surface area (Å²) in [6, 6.07) is 4.56. The molecule has 1 aromatic rings. The summed E-state index contributed by atoms with van der Waals surface area (Å²) < 4.78 is 0.268. The van der Waals surface area contributed by atoms with E-state index in [0.717, 1.165) is 25.9 Å². The highest BCUT2D eigenvalue weighted by atomic mass is 79.9. The molecule has 19 heavy (non-hydrogen) atoms. The molecule has 2 rings (SSSR count). The van der Waals surface area contributed by atoms with Crippen molar-refractivity contribution in [3.8, 4) is 0 Å². The average Bonchev–Trinajstić information content (AvgIpc) is 2.86. The van der Waals surface area contributed by atoms with E-state index in [-0.39, 0.29) is 16.1 Å². The Labute approximate surface area is 119 Å². The van der Waals surface area contributed by atoms with Gasteiger partial charge in [0.2, 0.25) is 0 Å². The number of hydrogen-bond donors (Lipinski definition) is 0. The summed E-state index contributed by atoms with van der Waals surface area (Å²) in [7, 11) is 0. The number of carbonyl (C=O) groups is 1. The number of amides is 1. The lowest BCUT2D eigenvalue weighted by Gasteiger charge is -2.17. The largest absolute Gasteiger partial charge is 0.338 e. The predicted molar refractivity (Wildman–Crippen MR) is 75.1 cm³/mol. The number of benzene rings is 1. The minimum absolute atomic E-state index is 0.0721. The van der Waals surface area contributed by atoms with Crippen LogP contribution in [-0.2, 0) is 0 Å². The van der Waals surface area contributed by atoms with Crippen molar-refractivity contribution in [3.05, 3.63) is 38.3 Å². The Morgan fingerprint density at radius 3 is 2.89 bits per heavy atom. The molecule has 1 amide bonds. The molecule has 6 heteroatoms. The number of rotatable bonds is 3. The molecule has 0 spiro atoms. The Bertz CT molecular complexity index is 519. The zero-order chi connectivity index (χ0) is 14.0. The van der Waals surface area contributed by atoms with E-state index >= 15 is 0 Å². The van der Waals surface area contributed by atoms with E-state index in [4.69, 9.17) is 0 Å². The van der Waals surface area contributed by atoms with Crippen LogP contribution in [-0.4, -0.2) is 28.8 Å². The highest BCUT2D eigenvalue weighted by Gasteiger charge is 2.28. The number of nitrogens with zero attached hydrogens (tertiary/aromatic N) is 2. The lowest BCUT2D eigenvalue weighted by molar-refractivity contribution is -0.385. The fourth-order valence-corrected chi connectivity index (χ4v) is 2.93. The van der Waals surface area contributed by atoms with Crippen LogP contribution < -0.4 is 0 Å². The van der Waals surface area contributed by atoms with E-state index in [1.165, 1.54) is 6.07 Å². The SMILES string of the molecule is CCC1CCN(C(=O)c2cccc([N+](=O)[O-])c2Br)C1. The van der Waals surface area contributed by atoms with Gasteiger partial charge < -0.3 is 4.90 Å². The topological polar surface area (TPSA) is 63.5 Å².